The van der Waals surface area contributed by atoms with E-state index >= 15 is 0 Å². The first kappa shape index (κ1) is 15.5. The number of amides is 1. The molecule has 2 heterocycles. The lowest BCUT2D eigenvalue weighted by Crippen LogP contribution is -2.30. The van der Waals surface area contributed by atoms with Crippen LogP contribution in [0.3, 0.4) is 0 Å². The number of nitrogens with zero attached hydrogens (tertiary/aromatic N) is 3. The van der Waals surface area contributed by atoms with Gasteiger partial charge in [0.1, 0.15) is 6.04 Å². The molecule has 0 radical (unpaired) electrons. The third-order valence-corrected chi connectivity index (χ3v) is 4.53. The maximum absolute atomic E-state index is 12.4. The molecule has 0 aliphatic carbocycles. The highest BCUT2D eigenvalue weighted by molar-refractivity contribution is 7.08. The van der Waals surface area contributed by atoms with E-state index in [-0.39, 0.29) is 11.9 Å². The van der Waals surface area contributed by atoms with Gasteiger partial charge in [0, 0.05) is 30.6 Å². The fourth-order valence-corrected chi connectivity index (χ4v) is 3.28. The molecule has 0 saturated carbocycles. The summed E-state index contributed by atoms with van der Waals surface area (Å²) in [4.78, 5) is 18.6. The second kappa shape index (κ2) is 6.38. The summed E-state index contributed by atoms with van der Waals surface area (Å²) in [5.74, 6) is 0.0542. The Bertz CT molecular complexity index is 791. The first-order chi connectivity index (χ1) is 11.1. The molecule has 0 aliphatic heterocycles. The predicted octanol–water partition coefficient (Wildman–Crippen LogP) is 3.93. The van der Waals surface area contributed by atoms with E-state index in [2.05, 4.69) is 16.4 Å². The van der Waals surface area contributed by atoms with Gasteiger partial charge in [-0.3, -0.25) is 4.79 Å². The van der Waals surface area contributed by atoms with Crippen LogP contribution in [0.1, 0.15) is 13.0 Å². The third-order valence-electron chi connectivity index (χ3n) is 3.85. The maximum atomic E-state index is 12.4. The molecular weight excluding hydrogens is 306 g/mol. The topological polar surface area (TPSA) is 38.1 Å². The van der Waals surface area contributed by atoms with Crippen molar-refractivity contribution in [2.45, 2.75) is 13.0 Å². The average Bonchev–Trinajstić information content (AvgIpc) is 3.22. The first-order valence-corrected chi connectivity index (χ1v) is 8.40. The van der Waals surface area contributed by atoms with Gasteiger partial charge in [0.2, 0.25) is 5.91 Å². The molecule has 3 rings (SSSR count). The molecular formula is C18H19N3OS. The number of thiophene rings is 1. The molecule has 0 fully saturated rings. The highest BCUT2D eigenvalue weighted by Crippen LogP contribution is 2.34. The van der Waals surface area contributed by atoms with E-state index in [1.807, 2.05) is 47.2 Å². The minimum Gasteiger partial charge on any atom is -0.347 e. The van der Waals surface area contributed by atoms with Crippen molar-refractivity contribution >= 4 is 17.2 Å². The Kier molecular flexibility index (Phi) is 4.30. The van der Waals surface area contributed by atoms with Crippen LogP contribution in [0.5, 0.6) is 0 Å². The standard InChI is InChI=1S/C18H19N3OS/c1-13(18(22)20(2)3)21-12-19-16(14-7-5-4-6-8-14)17(21)15-9-10-23-11-15/h4-13H,1-3H3/t13-/m1/s1. The summed E-state index contributed by atoms with van der Waals surface area (Å²) in [5.41, 5.74) is 4.03. The molecule has 1 atom stereocenters. The van der Waals surface area contributed by atoms with Crippen LogP contribution in [-0.2, 0) is 4.79 Å². The Balaban J connectivity index is 2.15. The summed E-state index contributed by atoms with van der Waals surface area (Å²) < 4.78 is 1.96. The van der Waals surface area contributed by atoms with Crippen molar-refractivity contribution in [3.8, 4) is 22.5 Å². The summed E-state index contributed by atoms with van der Waals surface area (Å²) in [6.07, 6.45) is 1.77. The van der Waals surface area contributed by atoms with Crippen molar-refractivity contribution in [3.63, 3.8) is 0 Å². The molecule has 4 nitrogen and oxygen atoms in total. The third kappa shape index (κ3) is 2.92. The zero-order valence-electron chi connectivity index (χ0n) is 13.4. The summed E-state index contributed by atoms with van der Waals surface area (Å²) in [6.45, 7) is 1.91. The van der Waals surface area contributed by atoms with Crippen LogP contribution in [0.4, 0.5) is 0 Å². The van der Waals surface area contributed by atoms with Crippen molar-refractivity contribution in [1.82, 2.24) is 14.5 Å². The molecule has 0 unspecified atom stereocenters. The summed E-state index contributed by atoms with van der Waals surface area (Å²) >= 11 is 1.64. The van der Waals surface area contributed by atoms with Crippen LogP contribution in [0, 0.1) is 0 Å². The highest BCUT2D eigenvalue weighted by atomic mass is 32.1. The molecule has 5 heteroatoms. The van der Waals surface area contributed by atoms with Gasteiger partial charge < -0.3 is 9.47 Å². The zero-order valence-corrected chi connectivity index (χ0v) is 14.2. The average molecular weight is 325 g/mol. The van der Waals surface area contributed by atoms with Gasteiger partial charge in [0.25, 0.3) is 0 Å². The van der Waals surface area contributed by atoms with E-state index < -0.39 is 0 Å². The van der Waals surface area contributed by atoms with Crippen LogP contribution in [0.25, 0.3) is 22.5 Å². The van der Waals surface area contributed by atoms with Gasteiger partial charge >= 0.3 is 0 Å². The van der Waals surface area contributed by atoms with Crippen molar-refractivity contribution in [2.24, 2.45) is 0 Å². The van der Waals surface area contributed by atoms with E-state index in [0.29, 0.717) is 0 Å². The molecule has 3 aromatic rings. The van der Waals surface area contributed by atoms with E-state index in [1.54, 1.807) is 36.7 Å². The second-order valence-electron chi connectivity index (χ2n) is 5.64. The van der Waals surface area contributed by atoms with Crippen molar-refractivity contribution in [1.29, 1.82) is 0 Å². The fourth-order valence-electron chi connectivity index (χ4n) is 2.64. The fraction of sp³-hybridized carbons (Fsp3) is 0.222. The predicted molar refractivity (Wildman–Crippen MR) is 94.4 cm³/mol. The van der Waals surface area contributed by atoms with E-state index in [4.69, 9.17) is 0 Å². The summed E-state index contributed by atoms with van der Waals surface area (Å²) in [7, 11) is 3.55. The lowest BCUT2D eigenvalue weighted by atomic mass is 10.1. The quantitative estimate of drug-likeness (QED) is 0.729. The number of hydrogen-bond acceptors (Lipinski definition) is 3. The molecule has 0 saturated heterocycles. The Morgan fingerprint density at radius 3 is 2.52 bits per heavy atom. The molecule has 1 aromatic carbocycles. The zero-order chi connectivity index (χ0) is 16.4. The molecule has 0 bridgehead atoms. The number of benzene rings is 1. The highest BCUT2D eigenvalue weighted by Gasteiger charge is 2.23. The normalized spacial score (nSPS) is 12.1. The molecule has 0 spiro atoms. The largest absolute Gasteiger partial charge is 0.347 e. The number of carbonyl (C=O) groups is 1. The summed E-state index contributed by atoms with van der Waals surface area (Å²) in [6, 6.07) is 11.8. The van der Waals surface area contributed by atoms with Crippen molar-refractivity contribution in [2.75, 3.05) is 14.1 Å². The Labute approximate surface area is 140 Å². The SMILES string of the molecule is C[C@H](C(=O)N(C)C)n1cnc(-c2ccccc2)c1-c1ccsc1. The lowest BCUT2D eigenvalue weighted by molar-refractivity contribution is -0.131. The number of carbonyl (C=O) groups excluding carboxylic acids is 1. The van der Waals surface area contributed by atoms with Gasteiger partial charge in [-0.15, -0.1) is 0 Å². The van der Waals surface area contributed by atoms with Gasteiger partial charge in [-0.25, -0.2) is 4.98 Å². The second-order valence-corrected chi connectivity index (χ2v) is 6.42. The smallest absolute Gasteiger partial charge is 0.244 e. The number of hydrogen-bond donors (Lipinski definition) is 0. The van der Waals surface area contributed by atoms with Crippen LogP contribution in [0.15, 0.2) is 53.5 Å². The maximum Gasteiger partial charge on any atom is 0.244 e. The molecule has 0 aliphatic rings. The first-order valence-electron chi connectivity index (χ1n) is 7.45. The van der Waals surface area contributed by atoms with Crippen LogP contribution in [-0.4, -0.2) is 34.5 Å². The molecule has 0 N–H and O–H groups in total. The number of likely N-dealkylation sites (N-methyl/N-ethyl adjacent to an activating group) is 1. The van der Waals surface area contributed by atoms with E-state index in [9.17, 15) is 4.79 Å². The van der Waals surface area contributed by atoms with Crippen molar-refractivity contribution < 1.29 is 4.79 Å². The van der Waals surface area contributed by atoms with Crippen molar-refractivity contribution in [3.05, 3.63) is 53.5 Å². The van der Waals surface area contributed by atoms with Gasteiger partial charge in [-0.1, -0.05) is 30.3 Å². The molecule has 23 heavy (non-hydrogen) atoms. The monoisotopic (exact) mass is 325 g/mol. The van der Waals surface area contributed by atoms with E-state index in [0.717, 1.165) is 22.5 Å². The number of rotatable bonds is 4. The number of imidazole rings is 1. The van der Waals surface area contributed by atoms with Gasteiger partial charge in [0.15, 0.2) is 0 Å². The number of aromatic nitrogens is 2. The minimum atomic E-state index is -0.301. The molecule has 118 valence electrons. The van der Waals surface area contributed by atoms with Crippen LogP contribution < -0.4 is 0 Å². The Morgan fingerprint density at radius 1 is 1.17 bits per heavy atom. The van der Waals surface area contributed by atoms with E-state index in [1.165, 1.54) is 0 Å². The Morgan fingerprint density at radius 2 is 1.91 bits per heavy atom. The molecule has 1 amide bonds. The minimum absolute atomic E-state index is 0.0542. The molecule has 2 aromatic heterocycles. The summed E-state index contributed by atoms with van der Waals surface area (Å²) in [5, 5.41) is 4.13. The van der Waals surface area contributed by atoms with Gasteiger partial charge in [0.05, 0.1) is 17.7 Å². The lowest BCUT2D eigenvalue weighted by Gasteiger charge is -2.20. The van der Waals surface area contributed by atoms with Gasteiger partial charge in [-0.05, 0) is 18.4 Å². The van der Waals surface area contributed by atoms with Crippen LogP contribution in [0.2, 0.25) is 0 Å². The van der Waals surface area contributed by atoms with Gasteiger partial charge in [-0.2, -0.15) is 11.3 Å². The Hall–Kier alpha value is -2.40. The van der Waals surface area contributed by atoms with Crippen LogP contribution >= 0.6 is 11.3 Å².